The molecule has 1 aromatic heterocycles. The summed E-state index contributed by atoms with van der Waals surface area (Å²) in [4.78, 5) is 7.95. The molecule has 0 aliphatic carbocycles. The Kier molecular flexibility index (Phi) is 2.50. The first-order valence-electron chi connectivity index (χ1n) is 5.46. The average Bonchev–Trinajstić information content (AvgIpc) is 2.62. The van der Waals surface area contributed by atoms with Crippen molar-refractivity contribution in [1.29, 1.82) is 0 Å². The molecule has 2 rings (SSSR count). The Hall–Kier alpha value is -1.35. The van der Waals surface area contributed by atoms with Gasteiger partial charge in [0.15, 0.2) is 0 Å². The van der Waals surface area contributed by atoms with Crippen LogP contribution in [0.3, 0.4) is 0 Å². The van der Waals surface area contributed by atoms with E-state index in [1.807, 2.05) is 13.8 Å². The molecule has 0 fully saturated rings. The van der Waals surface area contributed by atoms with Crippen LogP contribution in [0.4, 0.5) is 0 Å². The zero-order chi connectivity index (χ0) is 11.9. The molecule has 16 heavy (non-hydrogen) atoms. The monoisotopic (exact) mass is 218 g/mol. The number of nitrogens with zero attached hydrogens (tertiary/aromatic N) is 1. The Morgan fingerprint density at radius 1 is 1.25 bits per heavy atom. The number of H-pyrrole nitrogens is 1. The van der Waals surface area contributed by atoms with E-state index in [0.717, 1.165) is 16.9 Å². The third-order valence-corrected chi connectivity index (χ3v) is 3.00. The largest absolute Gasteiger partial charge is 0.371 e. The fourth-order valence-corrected chi connectivity index (χ4v) is 1.85. The highest BCUT2D eigenvalue weighted by atomic mass is 16.5. The van der Waals surface area contributed by atoms with E-state index in [0.29, 0.717) is 0 Å². The van der Waals surface area contributed by atoms with E-state index in [9.17, 15) is 0 Å². The standard InChI is InChI=1S/C13H18N2O/c1-8-6-9(2)11-10(7-8)14-12(15-11)13(3,4)16-5/h6-7H,1-5H3,(H,14,15). The summed E-state index contributed by atoms with van der Waals surface area (Å²) in [6.07, 6.45) is 0. The Morgan fingerprint density at radius 2 is 1.94 bits per heavy atom. The molecule has 1 N–H and O–H groups in total. The topological polar surface area (TPSA) is 37.9 Å². The van der Waals surface area contributed by atoms with Gasteiger partial charge in [-0.3, -0.25) is 0 Å². The second-order valence-electron chi connectivity index (χ2n) is 4.78. The van der Waals surface area contributed by atoms with Crippen LogP contribution in [0.1, 0.15) is 30.8 Å². The molecule has 0 aliphatic heterocycles. The molecule has 3 heteroatoms. The second-order valence-corrected chi connectivity index (χ2v) is 4.78. The summed E-state index contributed by atoms with van der Waals surface area (Å²) in [5.74, 6) is 0.874. The number of imidazole rings is 1. The highest BCUT2D eigenvalue weighted by molar-refractivity contribution is 5.79. The highest BCUT2D eigenvalue weighted by Crippen LogP contribution is 2.25. The third-order valence-electron chi connectivity index (χ3n) is 3.00. The van der Waals surface area contributed by atoms with E-state index in [-0.39, 0.29) is 5.60 Å². The molecule has 3 nitrogen and oxygen atoms in total. The number of methoxy groups -OCH3 is 1. The Balaban J connectivity index is 2.65. The first-order valence-corrected chi connectivity index (χ1v) is 5.46. The van der Waals surface area contributed by atoms with Crippen molar-refractivity contribution in [3.63, 3.8) is 0 Å². The van der Waals surface area contributed by atoms with Gasteiger partial charge in [0.1, 0.15) is 11.4 Å². The first-order chi connectivity index (χ1) is 7.44. The van der Waals surface area contributed by atoms with Gasteiger partial charge in [-0.05, 0) is 44.9 Å². The molecular formula is C13H18N2O. The van der Waals surface area contributed by atoms with E-state index in [1.54, 1.807) is 7.11 Å². The summed E-state index contributed by atoms with van der Waals surface area (Å²) in [5, 5.41) is 0. The van der Waals surface area contributed by atoms with Crippen molar-refractivity contribution in [2.45, 2.75) is 33.3 Å². The fraction of sp³-hybridized carbons (Fsp3) is 0.462. The molecule has 86 valence electrons. The second kappa shape index (κ2) is 3.59. The van der Waals surface area contributed by atoms with Crippen LogP contribution in [-0.2, 0) is 10.3 Å². The number of fused-ring (bicyclic) bond motifs is 1. The minimum Gasteiger partial charge on any atom is -0.371 e. The van der Waals surface area contributed by atoms with Crippen molar-refractivity contribution >= 4 is 11.0 Å². The van der Waals surface area contributed by atoms with Crippen molar-refractivity contribution in [2.24, 2.45) is 0 Å². The average molecular weight is 218 g/mol. The van der Waals surface area contributed by atoms with Gasteiger partial charge in [0.2, 0.25) is 0 Å². The lowest BCUT2D eigenvalue weighted by Crippen LogP contribution is -2.21. The maximum Gasteiger partial charge on any atom is 0.139 e. The number of aromatic nitrogens is 2. The molecule has 0 radical (unpaired) electrons. The van der Waals surface area contributed by atoms with E-state index in [4.69, 9.17) is 4.74 Å². The summed E-state index contributed by atoms with van der Waals surface area (Å²) < 4.78 is 5.43. The minimum absolute atomic E-state index is 0.376. The molecule has 1 aromatic carbocycles. The third kappa shape index (κ3) is 1.71. The van der Waals surface area contributed by atoms with Gasteiger partial charge in [-0.25, -0.2) is 4.98 Å². The van der Waals surface area contributed by atoms with Crippen molar-refractivity contribution in [2.75, 3.05) is 7.11 Å². The van der Waals surface area contributed by atoms with Crippen LogP contribution < -0.4 is 0 Å². The highest BCUT2D eigenvalue weighted by Gasteiger charge is 2.23. The predicted octanol–water partition coefficient (Wildman–Crippen LogP) is 3.06. The van der Waals surface area contributed by atoms with Crippen molar-refractivity contribution in [3.8, 4) is 0 Å². The fourth-order valence-electron chi connectivity index (χ4n) is 1.85. The Bertz CT molecular complexity index is 526. The van der Waals surface area contributed by atoms with Gasteiger partial charge in [-0.15, -0.1) is 0 Å². The number of hydrogen-bond acceptors (Lipinski definition) is 2. The van der Waals surface area contributed by atoms with Gasteiger partial charge in [-0.2, -0.15) is 0 Å². The van der Waals surface area contributed by atoms with Crippen molar-refractivity contribution in [1.82, 2.24) is 9.97 Å². The number of benzene rings is 1. The number of rotatable bonds is 2. The molecule has 0 aliphatic rings. The number of aromatic amines is 1. The molecule has 0 unspecified atom stereocenters. The van der Waals surface area contributed by atoms with Gasteiger partial charge >= 0.3 is 0 Å². The maximum atomic E-state index is 5.43. The molecule has 1 heterocycles. The summed E-state index contributed by atoms with van der Waals surface area (Å²) in [6.45, 7) is 8.19. The summed E-state index contributed by atoms with van der Waals surface area (Å²) >= 11 is 0. The van der Waals surface area contributed by atoms with Crippen LogP contribution in [-0.4, -0.2) is 17.1 Å². The zero-order valence-electron chi connectivity index (χ0n) is 10.5. The van der Waals surface area contributed by atoms with E-state index >= 15 is 0 Å². The molecule has 0 saturated carbocycles. The van der Waals surface area contributed by atoms with Gasteiger partial charge in [0.25, 0.3) is 0 Å². The summed E-state index contributed by atoms with van der Waals surface area (Å²) in [6, 6.07) is 4.26. The van der Waals surface area contributed by atoms with E-state index in [2.05, 4.69) is 35.9 Å². The van der Waals surface area contributed by atoms with Crippen LogP contribution in [0, 0.1) is 13.8 Å². The maximum absolute atomic E-state index is 5.43. The molecule has 2 aromatic rings. The zero-order valence-corrected chi connectivity index (χ0v) is 10.5. The quantitative estimate of drug-likeness (QED) is 0.841. The van der Waals surface area contributed by atoms with E-state index < -0.39 is 0 Å². The molecule has 0 amide bonds. The van der Waals surface area contributed by atoms with Crippen LogP contribution in [0.2, 0.25) is 0 Å². The minimum atomic E-state index is -0.376. The summed E-state index contributed by atoms with van der Waals surface area (Å²) in [7, 11) is 1.70. The van der Waals surface area contributed by atoms with Crippen LogP contribution >= 0.6 is 0 Å². The lowest BCUT2D eigenvalue weighted by Gasteiger charge is -2.19. The van der Waals surface area contributed by atoms with Gasteiger partial charge in [-0.1, -0.05) is 6.07 Å². The van der Waals surface area contributed by atoms with Gasteiger partial charge in [0.05, 0.1) is 11.0 Å². The Morgan fingerprint density at radius 3 is 2.56 bits per heavy atom. The molecule has 0 bridgehead atoms. The van der Waals surface area contributed by atoms with Crippen molar-refractivity contribution in [3.05, 3.63) is 29.1 Å². The molecule has 0 atom stereocenters. The lowest BCUT2D eigenvalue weighted by molar-refractivity contribution is 0.0124. The van der Waals surface area contributed by atoms with Crippen LogP contribution in [0.15, 0.2) is 12.1 Å². The van der Waals surface area contributed by atoms with Crippen LogP contribution in [0.5, 0.6) is 0 Å². The molecular weight excluding hydrogens is 200 g/mol. The van der Waals surface area contributed by atoms with E-state index in [1.165, 1.54) is 11.1 Å². The number of ether oxygens (including phenoxy) is 1. The lowest BCUT2D eigenvalue weighted by atomic mass is 10.1. The molecule has 0 saturated heterocycles. The normalized spacial score (nSPS) is 12.3. The SMILES string of the molecule is COC(C)(C)c1nc2c(C)cc(C)cc2[nH]1. The first kappa shape index (κ1) is 11.1. The number of nitrogens with one attached hydrogen (secondary N) is 1. The predicted molar refractivity (Wildman–Crippen MR) is 65.6 cm³/mol. The van der Waals surface area contributed by atoms with Crippen molar-refractivity contribution < 1.29 is 4.74 Å². The Labute approximate surface area is 95.8 Å². The van der Waals surface area contributed by atoms with Gasteiger partial charge in [0, 0.05) is 7.11 Å². The molecule has 0 spiro atoms. The summed E-state index contributed by atoms with van der Waals surface area (Å²) in [5.41, 5.74) is 4.18. The van der Waals surface area contributed by atoms with Crippen LogP contribution in [0.25, 0.3) is 11.0 Å². The van der Waals surface area contributed by atoms with Gasteiger partial charge < -0.3 is 9.72 Å². The number of aryl methyl sites for hydroxylation is 2. The number of hydrogen-bond donors (Lipinski definition) is 1. The smallest absolute Gasteiger partial charge is 0.139 e.